The second-order valence-corrected chi connectivity index (χ2v) is 11.2. The number of carboxylic acids is 3. The van der Waals surface area contributed by atoms with Crippen LogP contribution in [0.3, 0.4) is 0 Å². The van der Waals surface area contributed by atoms with Gasteiger partial charge in [0.1, 0.15) is 24.2 Å². The second kappa shape index (κ2) is 17.3. The molecule has 0 spiro atoms. The molecule has 0 saturated heterocycles. The number of carbonyl (C=O) groups is 7. The van der Waals surface area contributed by atoms with Crippen LogP contribution in [0.4, 0.5) is 0 Å². The highest BCUT2D eigenvalue weighted by molar-refractivity contribution is 5.96. The van der Waals surface area contributed by atoms with Crippen LogP contribution in [-0.2, 0) is 44.8 Å². The number of rotatable bonds is 18. The van der Waals surface area contributed by atoms with E-state index in [9.17, 15) is 48.6 Å². The van der Waals surface area contributed by atoms with E-state index < -0.39 is 103 Å². The molecule has 0 aliphatic rings. The van der Waals surface area contributed by atoms with E-state index in [-0.39, 0.29) is 6.42 Å². The van der Waals surface area contributed by atoms with Gasteiger partial charge in [-0.05, 0) is 29.9 Å². The van der Waals surface area contributed by atoms with Gasteiger partial charge in [0.05, 0.1) is 12.8 Å². The van der Waals surface area contributed by atoms with Crippen LogP contribution in [0.2, 0.25) is 0 Å². The number of aliphatic carboxylic acids is 3. The molecule has 0 aromatic heterocycles. The third kappa shape index (κ3) is 13.4. The van der Waals surface area contributed by atoms with Crippen LogP contribution in [0.25, 0.3) is 0 Å². The van der Waals surface area contributed by atoms with Gasteiger partial charge in [0.15, 0.2) is 0 Å². The van der Waals surface area contributed by atoms with Crippen LogP contribution in [0.15, 0.2) is 24.3 Å². The van der Waals surface area contributed by atoms with Crippen molar-refractivity contribution in [1.29, 1.82) is 0 Å². The van der Waals surface area contributed by atoms with E-state index in [0.29, 0.717) is 5.56 Å². The number of nitrogens with one attached hydrogen (secondary N) is 4. The summed E-state index contributed by atoms with van der Waals surface area (Å²) < 4.78 is 0. The first-order valence-corrected chi connectivity index (χ1v) is 13.7. The first-order chi connectivity index (χ1) is 20.4. The van der Waals surface area contributed by atoms with Gasteiger partial charge in [-0.1, -0.05) is 45.0 Å². The van der Waals surface area contributed by atoms with Gasteiger partial charge in [0.25, 0.3) is 0 Å². The molecule has 4 amide bonds. The predicted molar refractivity (Wildman–Crippen MR) is 154 cm³/mol. The van der Waals surface area contributed by atoms with Gasteiger partial charge < -0.3 is 36.6 Å². The molecule has 15 nitrogen and oxygen atoms in total. The van der Waals surface area contributed by atoms with Gasteiger partial charge in [-0.15, -0.1) is 0 Å². The van der Waals surface area contributed by atoms with Gasteiger partial charge in [0, 0.05) is 19.3 Å². The van der Waals surface area contributed by atoms with Crippen molar-refractivity contribution < 1.29 is 53.7 Å². The second-order valence-electron chi connectivity index (χ2n) is 11.2. The molecule has 1 aromatic rings. The highest BCUT2D eigenvalue weighted by Gasteiger charge is 2.33. The Bertz CT molecular complexity index is 1240. The largest absolute Gasteiger partial charge is 0.481 e. The highest BCUT2D eigenvalue weighted by atomic mass is 16.4. The van der Waals surface area contributed by atoms with Crippen molar-refractivity contribution in [3.05, 3.63) is 35.4 Å². The Morgan fingerprint density at radius 1 is 0.727 bits per heavy atom. The summed E-state index contributed by atoms with van der Waals surface area (Å²) in [5, 5.41) is 36.6. The Balaban J connectivity index is 3.30. The Labute approximate surface area is 254 Å². The maximum atomic E-state index is 13.4. The lowest BCUT2D eigenvalue weighted by atomic mass is 9.87. The summed E-state index contributed by atoms with van der Waals surface area (Å²) in [4.78, 5) is 96.9. The molecule has 44 heavy (non-hydrogen) atoms. The number of carbonyl (C=O) groups excluding carboxylic acids is 5. The van der Waals surface area contributed by atoms with E-state index in [2.05, 4.69) is 21.3 Å². The van der Waals surface area contributed by atoms with Crippen molar-refractivity contribution in [3.63, 3.8) is 0 Å². The summed E-state index contributed by atoms with van der Waals surface area (Å²) in [7, 11) is 0. The maximum absolute atomic E-state index is 13.4. The molecule has 1 radical (unpaired) electrons. The fourth-order valence-electron chi connectivity index (χ4n) is 3.89. The Morgan fingerprint density at radius 3 is 1.80 bits per heavy atom. The fourth-order valence-corrected chi connectivity index (χ4v) is 3.89. The normalized spacial score (nSPS) is 13.7. The van der Waals surface area contributed by atoms with Crippen LogP contribution < -0.4 is 21.3 Å². The summed E-state index contributed by atoms with van der Waals surface area (Å²) in [5.41, 5.74) is 0.743. The lowest BCUT2D eigenvalue weighted by Crippen LogP contribution is -2.59. The molecule has 0 aliphatic heterocycles. The number of carboxylic acid groups (broad SMARTS) is 3. The molecule has 4 atom stereocenters. The molecular formula is C29H39N4O11. The van der Waals surface area contributed by atoms with Crippen molar-refractivity contribution >= 4 is 47.8 Å². The van der Waals surface area contributed by atoms with Crippen molar-refractivity contribution in [3.8, 4) is 0 Å². The molecule has 0 saturated carbocycles. The minimum atomic E-state index is -1.73. The van der Waals surface area contributed by atoms with Crippen LogP contribution in [0.1, 0.15) is 64.0 Å². The van der Waals surface area contributed by atoms with Crippen molar-refractivity contribution in [2.75, 3.05) is 0 Å². The number of benzene rings is 1. The van der Waals surface area contributed by atoms with E-state index in [0.717, 1.165) is 5.56 Å². The monoisotopic (exact) mass is 619 g/mol. The van der Waals surface area contributed by atoms with Crippen LogP contribution in [-0.4, -0.2) is 87.3 Å². The van der Waals surface area contributed by atoms with Gasteiger partial charge in [-0.25, -0.2) is 0 Å². The molecule has 0 fully saturated rings. The molecule has 0 heterocycles. The summed E-state index contributed by atoms with van der Waals surface area (Å²) >= 11 is 0. The fraction of sp³-hybridized carbons (Fsp3) is 0.517. The average molecular weight is 620 g/mol. The smallest absolute Gasteiger partial charge is 0.305 e. The molecule has 0 aliphatic carbocycles. The minimum Gasteiger partial charge on any atom is -0.481 e. The third-order valence-corrected chi connectivity index (χ3v) is 6.46. The quantitative estimate of drug-likeness (QED) is 0.114. The standard InChI is InChI=1S/C29H39N4O11/c1-16-7-5-6-8-17(16)13-19(28(44)33-21(15-34)29(2,3)4)32-26(42)18(9-11-23(36)37)31-27(43)20(14-25(40)41)30-22(35)10-12-24(38)39/h5-8,18-21H,9-14H2,1-4H3,(H,30,35)(H,31,43)(H,32,42)(H,33,44)(H,36,37)(H,38,39)(H,40,41)/t18-,19-,20-,21+/m0/s1. The molecule has 7 N–H and O–H groups in total. The summed E-state index contributed by atoms with van der Waals surface area (Å²) in [6.07, 6.45) is -1.41. The highest BCUT2D eigenvalue weighted by Crippen LogP contribution is 2.18. The minimum absolute atomic E-state index is 0.0408. The van der Waals surface area contributed by atoms with Gasteiger partial charge in [-0.3, -0.25) is 38.4 Å². The molecule has 0 bridgehead atoms. The Morgan fingerprint density at radius 2 is 1.27 bits per heavy atom. The third-order valence-electron chi connectivity index (χ3n) is 6.46. The molecular weight excluding hydrogens is 580 g/mol. The zero-order chi connectivity index (χ0) is 33.6. The summed E-state index contributed by atoms with van der Waals surface area (Å²) in [6.45, 7) is 6.88. The molecule has 1 rings (SSSR count). The van der Waals surface area contributed by atoms with Crippen LogP contribution in [0.5, 0.6) is 0 Å². The van der Waals surface area contributed by atoms with Gasteiger partial charge in [0.2, 0.25) is 29.9 Å². The van der Waals surface area contributed by atoms with E-state index in [1.165, 1.54) is 0 Å². The lowest BCUT2D eigenvalue weighted by molar-refractivity contribution is -0.142. The first-order valence-electron chi connectivity index (χ1n) is 13.7. The van der Waals surface area contributed by atoms with Crippen molar-refractivity contribution in [1.82, 2.24) is 21.3 Å². The number of aryl methyl sites for hydroxylation is 1. The van der Waals surface area contributed by atoms with E-state index >= 15 is 0 Å². The van der Waals surface area contributed by atoms with E-state index in [1.54, 1.807) is 58.2 Å². The van der Waals surface area contributed by atoms with Crippen LogP contribution in [0, 0.1) is 12.3 Å². The first kappa shape index (κ1) is 37.2. The average Bonchev–Trinajstić information content (AvgIpc) is 2.91. The zero-order valence-corrected chi connectivity index (χ0v) is 25.0. The SMILES string of the molecule is Cc1ccccc1C[C@H](NC(=O)[C@H](CCC(=O)O)NC(=O)[C@H](CC(=O)O)NC(=O)CCC(=O)O)C(=O)N[C@H]([C]=O)C(C)(C)C. The number of hydrogen-bond acceptors (Lipinski definition) is 8. The molecule has 241 valence electrons. The molecule has 15 heteroatoms. The lowest BCUT2D eigenvalue weighted by Gasteiger charge is -2.29. The van der Waals surface area contributed by atoms with E-state index in [1.807, 2.05) is 0 Å². The van der Waals surface area contributed by atoms with Crippen LogP contribution >= 0.6 is 0 Å². The summed E-state index contributed by atoms with van der Waals surface area (Å²) in [6, 6.07) is 1.35. The Hall–Kier alpha value is -4.82. The predicted octanol–water partition coefficient (Wildman–Crippen LogP) is -0.163. The van der Waals surface area contributed by atoms with Crippen molar-refractivity contribution in [2.24, 2.45) is 5.41 Å². The van der Waals surface area contributed by atoms with Crippen molar-refractivity contribution in [2.45, 2.75) is 90.4 Å². The van der Waals surface area contributed by atoms with Gasteiger partial charge in [-0.2, -0.15) is 0 Å². The number of amides is 4. The van der Waals surface area contributed by atoms with Gasteiger partial charge >= 0.3 is 17.9 Å². The molecule has 0 unspecified atom stereocenters. The summed E-state index contributed by atoms with van der Waals surface area (Å²) in [5.74, 6) is -7.92. The topological polar surface area (TPSA) is 245 Å². The Kier molecular flexibility index (Phi) is 14.7. The maximum Gasteiger partial charge on any atom is 0.305 e. The van der Waals surface area contributed by atoms with E-state index in [4.69, 9.17) is 5.11 Å². The number of hydrogen-bond donors (Lipinski definition) is 7. The zero-order valence-electron chi connectivity index (χ0n) is 25.0. The molecule has 1 aromatic carbocycles.